The SMILES string of the molecule is COc1cccc(CNC(=O)CSc2n[nH]c(=O)n2C2CC2)c1. The first-order chi connectivity index (χ1) is 11.2. The van der Waals surface area contributed by atoms with Gasteiger partial charge < -0.3 is 10.1 Å². The van der Waals surface area contributed by atoms with Gasteiger partial charge in [-0.1, -0.05) is 23.9 Å². The molecule has 0 aliphatic heterocycles. The van der Waals surface area contributed by atoms with Crippen LogP contribution in [0, 0.1) is 0 Å². The molecule has 1 aliphatic rings. The fourth-order valence-corrected chi connectivity index (χ4v) is 3.05. The molecule has 1 fully saturated rings. The van der Waals surface area contributed by atoms with Crippen molar-refractivity contribution in [3.05, 3.63) is 40.3 Å². The molecule has 1 saturated carbocycles. The van der Waals surface area contributed by atoms with Crippen molar-refractivity contribution in [3.63, 3.8) is 0 Å². The minimum Gasteiger partial charge on any atom is -0.497 e. The maximum atomic E-state index is 12.0. The number of nitrogens with one attached hydrogen (secondary N) is 2. The summed E-state index contributed by atoms with van der Waals surface area (Å²) >= 11 is 1.27. The highest BCUT2D eigenvalue weighted by Crippen LogP contribution is 2.35. The van der Waals surface area contributed by atoms with Gasteiger partial charge >= 0.3 is 5.69 Å². The second-order valence-corrected chi connectivity index (χ2v) is 6.27. The van der Waals surface area contributed by atoms with Crippen molar-refractivity contribution < 1.29 is 9.53 Å². The van der Waals surface area contributed by atoms with Gasteiger partial charge in [-0.25, -0.2) is 9.89 Å². The molecular weight excluding hydrogens is 316 g/mol. The molecule has 0 atom stereocenters. The average Bonchev–Trinajstić information content (AvgIpc) is 3.34. The Bertz CT molecular complexity index is 751. The zero-order valence-corrected chi connectivity index (χ0v) is 13.6. The summed E-state index contributed by atoms with van der Waals surface area (Å²) < 4.78 is 6.79. The normalized spacial score (nSPS) is 13.8. The number of thioether (sulfide) groups is 1. The Hall–Kier alpha value is -2.22. The van der Waals surface area contributed by atoms with E-state index in [1.54, 1.807) is 11.7 Å². The second-order valence-electron chi connectivity index (χ2n) is 5.33. The zero-order valence-electron chi connectivity index (χ0n) is 12.7. The van der Waals surface area contributed by atoms with Gasteiger partial charge in [0.15, 0.2) is 5.16 Å². The van der Waals surface area contributed by atoms with Crippen LogP contribution in [0.15, 0.2) is 34.2 Å². The van der Waals surface area contributed by atoms with Crippen LogP contribution in [0.4, 0.5) is 0 Å². The fourth-order valence-electron chi connectivity index (χ4n) is 2.21. The Morgan fingerprint density at radius 1 is 1.52 bits per heavy atom. The third-order valence-electron chi connectivity index (χ3n) is 3.54. The molecule has 0 bridgehead atoms. The highest BCUT2D eigenvalue weighted by molar-refractivity contribution is 7.99. The summed E-state index contributed by atoms with van der Waals surface area (Å²) in [6, 6.07) is 7.78. The van der Waals surface area contributed by atoms with Crippen LogP contribution < -0.4 is 15.7 Å². The number of hydrogen-bond acceptors (Lipinski definition) is 5. The molecule has 1 heterocycles. The number of H-pyrrole nitrogens is 1. The number of carbonyl (C=O) groups excluding carboxylic acids is 1. The lowest BCUT2D eigenvalue weighted by atomic mass is 10.2. The summed E-state index contributed by atoms with van der Waals surface area (Å²) in [5.74, 6) is 0.882. The minimum absolute atomic E-state index is 0.101. The molecule has 0 spiro atoms. The van der Waals surface area contributed by atoms with Crippen LogP contribution in [0.2, 0.25) is 0 Å². The zero-order chi connectivity index (χ0) is 16.2. The van der Waals surface area contributed by atoms with E-state index in [-0.39, 0.29) is 23.4 Å². The van der Waals surface area contributed by atoms with E-state index in [4.69, 9.17) is 4.74 Å². The summed E-state index contributed by atoms with van der Waals surface area (Å²) in [6.07, 6.45) is 1.99. The quantitative estimate of drug-likeness (QED) is 0.746. The predicted molar refractivity (Wildman–Crippen MR) is 86.7 cm³/mol. The van der Waals surface area contributed by atoms with Crippen molar-refractivity contribution in [2.75, 3.05) is 12.9 Å². The number of hydrogen-bond donors (Lipinski definition) is 2. The van der Waals surface area contributed by atoms with E-state index in [0.717, 1.165) is 24.2 Å². The molecule has 0 radical (unpaired) electrons. The molecule has 0 unspecified atom stereocenters. The fraction of sp³-hybridized carbons (Fsp3) is 0.400. The van der Waals surface area contributed by atoms with Gasteiger partial charge in [0.2, 0.25) is 5.91 Å². The average molecular weight is 334 g/mol. The molecule has 1 aliphatic carbocycles. The summed E-state index contributed by atoms with van der Waals surface area (Å²) in [4.78, 5) is 23.6. The lowest BCUT2D eigenvalue weighted by Gasteiger charge is -2.07. The number of methoxy groups -OCH3 is 1. The third-order valence-corrected chi connectivity index (χ3v) is 4.49. The van der Waals surface area contributed by atoms with Gasteiger partial charge in [0.1, 0.15) is 5.75 Å². The van der Waals surface area contributed by atoms with Crippen LogP contribution in [0.25, 0.3) is 0 Å². The minimum atomic E-state index is -0.202. The van der Waals surface area contributed by atoms with Crippen LogP contribution in [0.3, 0.4) is 0 Å². The van der Waals surface area contributed by atoms with Gasteiger partial charge in [-0.3, -0.25) is 9.36 Å². The Kier molecular flexibility index (Phi) is 4.71. The summed E-state index contributed by atoms with van der Waals surface area (Å²) in [7, 11) is 1.61. The topological polar surface area (TPSA) is 89.0 Å². The molecule has 7 nitrogen and oxygen atoms in total. The number of benzene rings is 1. The van der Waals surface area contributed by atoms with Crippen LogP contribution >= 0.6 is 11.8 Å². The van der Waals surface area contributed by atoms with Crippen molar-refractivity contribution in [2.24, 2.45) is 0 Å². The summed E-state index contributed by atoms with van der Waals surface area (Å²) in [6.45, 7) is 0.437. The maximum Gasteiger partial charge on any atom is 0.344 e. The lowest BCUT2D eigenvalue weighted by Crippen LogP contribution is -2.25. The van der Waals surface area contributed by atoms with E-state index in [1.807, 2.05) is 24.3 Å². The first-order valence-electron chi connectivity index (χ1n) is 7.36. The van der Waals surface area contributed by atoms with E-state index >= 15 is 0 Å². The van der Waals surface area contributed by atoms with E-state index in [1.165, 1.54) is 11.8 Å². The van der Waals surface area contributed by atoms with Crippen molar-refractivity contribution >= 4 is 17.7 Å². The number of aromatic amines is 1. The van der Waals surface area contributed by atoms with Gasteiger partial charge in [0, 0.05) is 12.6 Å². The smallest absolute Gasteiger partial charge is 0.344 e. The Balaban J connectivity index is 1.51. The molecule has 0 saturated heterocycles. The molecule has 122 valence electrons. The van der Waals surface area contributed by atoms with E-state index < -0.39 is 0 Å². The van der Waals surface area contributed by atoms with Gasteiger partial charge in [-0.05, 0) is 30.5 Å². The maximum absolute atomic E-state index is 12.0. The van der Waals surface area contributed by atoms with Gasteiger partial charge in [0.05, 0.1) is 12.9 Å². The number of nitrogens with zero attached hydrogens (tertiary/aromatic N) is 2. The van der Waals surface area contributed by atoms with Gasteiger partial charge in [0.25, 0.3) is 0 Å². The Labute approximate surface area is 137 Å². The second kappa shape index (κ2) is 6.91. The molecule has 1 amide bonds. The van der Waals surface area contributed by atoms with Gasteiger partial charge in [-0.15, -0.1) is 5.10 Å². The first-order valence-corrected chi connectivity index (χ1v) is 8.35. The lowest BCUT2D eigenvalue weighted by molar-refractivity contribution is -0.118. The first kappa shape index (κ1) is 15.7. The molecule has 1 aromatic carbocycles. The third kappa shape index (κ3) is 3.95. The van der Waals surface area contributed by atoms with Crippen molar-refractivity contribution in [1.82, 2.24) is 20.1 Å². The number of ether oxygens (including phenoxy) is 1. The molecular formula is C15H18N4O3S. The van der Waals surface area contributed by atoms with Crippen molar-refractivity contribution in [1.29, 1.82) is 0 Å². The van der Waals surface area contributed by atoms with Crippen LogP contribution in [0.1, 0.15) is 24.4 Å². The highest BCUT2D eigenvalue weighted by atomic mass is 32.2. The molecule has 8 heteroatoms. The van der Waals surface area contributed by atoms with Gasteiger partial charge in [-0.2, -0.15) is 0 Å². The van der Waals surface area contributed by atoms with Crippen molar-refractivity contribution in [3.8, 4) is 5.75 Å². The van der Waals surface area contributed by atoms with Crippen LogP contribution in [0.5, 0.6) is 5.75 Å². The largest absolute Gasteiger partial charge is 0.497 e. The Morgan fingerprint density at radius 2 is 2.35 bits per heavy atom. The monoisotopic (exact) mass is 334 g/mol. The number of rotatable bonds is 7. The number of aromatic nitrogens is 3. The molecule has 2 N–H and O–H groups in total. The van der Waals surface area contributed by atoms with Crippen molar-refractivity contribution in [2.45, 2.75) is 30.6 Å². The molecule has 1 aromatic heterocycles. The molecule has 3 rings (SSSR count). The van der Waals surface area contributed by atoms with Crippen LogP contribution in [-0.4, -0.2) is 33.5 Å². The van der Waals surface area contributed by atoms with E-state index in [9.17, 15) is 9.59 Å². The number of carbonyl (C=O) groups is 1. The number of amides is 1. The Morgan fingerprint density at radius 3 is 3.09 bits per heavy atom. The highest BCUT2D eigenvalue weighted by Gasteiger charge is 2.28. The molecule has 2 aromatic rings. The standard InChI is InChI=1S/C15H18N4O3S/c1-22-12-4-2-3-10(7-12)8-16-13(20)9-23-15-18-17-14(21)19(15)11-5-6-11/h2-4,7,11H,5-6,8-9H2,1H3,(H,16,20)(H,17,21). The van der Waals surface area contributed by atoms with Crippen LogP contribution in [-0.2, 0) is 11.3 Å². The predicted octanol–water partition coefficient (Wildman–Crippen LogP) is 1.32. The summed E-state index contributed by atoms with van der Waals surface area (Å²) in [5, 5.41) is 9.85. The van der Waals surface area contributed by atoms with E-state index in [0.29, 0.717) is 11.7 Å². The van der Waals surface area contributed by atoms with E-state index in [2.05, 4.69) is 15.5 Å². The molecule has 23 heavy (non-hydrogen) atoms. The summed E-state index contributed by atoms with van der Waals surface area (Å²) in [5.41, 5.74) is 0.768.